The second kappa shape index (κ2) is 4.28. The smallest absolute Gasteiger partial charge is 0.134 e. The highest BCUT2D eigenvalue weighted by Crippen LogP contribution is 2.39. The Morgan fingerprint density at radius 2 is 2.29 bits per heavy atom. The minimum atomic E-state index is 0.979. The number of ether oxygens (including phenoxy) is 1. The summed E-state index contributed by atoms with van der Waals surface area (Å²) in [7, 11) is 1.73. The molecule has 0 spiro atoms. The number of benzene rings is 1. The van der Waals surface area contributed by atoms with Crippen molar-refractivity contribution in [3.63, 3.8) is 0 Å². The maximum Gasteiger partial charge on any atom is 0.134 e. The van der Waals surface area contributed by atoms with Gasteiger partial charge in [-0.15, -0.1) is 23.1 Å². The Morgan fingerprint density at radius 1 is 1.50 bits per heavy atom. The van der Waals surface area contributed by atoms with Crippen LogP contribution in [-0.2, 0) is 0 Å². The van der Waals surface area contributed by atoms with E-state index in [1.54, 1.807) is 30.2 Å². The van der Waals surface area contributed by atoms with Crippen LogP contribution in [0.2, 0.25) is 0 Å². The number of hydrogen-bond acceptors (Lipinski definition) is 3. The zero-order valence-corrected chi connectivity index (χ0v) is 11.6. The molecule has 0 atom stereocenters. The van der Waals surface area contributed by atoms with E-state index in [1.807, 2.05) is 0 Å². The quantitative estimate of drug-likeness (QED) is 0.599. The molecule has 0 radical (unpaired) electrons. The zero-order chi connectivity index (χ0) is 10.1. The molecule has 0 N–H and O–H groups in total. The van der Waals surface area contributed by atoms with Gasteiger partial charge in [0.15, 0.2) is 0 Å². The number of hydrogen-bond donors (Lipinski definition) is 0. The monoisotopic (exact) mass is 336 g/mol. The topological polar surface area (TPSA) is 9.23 Å². The average Bonchev–Trinajstić information content (AvgIpc) is 2.65. The van der Waals surface area contributed by atoms with E-state index < -0.39 is 0 Å². The highest BCUT2D eigenvalue weighted by atomic mass is 127. The Balaban J connectivity index is 2.79. The van der Waals surface area contributed by atoms with Crippen LogP contribution in [-0.4, -0.2) is 13.4 Å². The maximum atomic E-state index is 5.37. The van der Waals surface area contributed by atoms with Gasteiger partial charge in [0.1, 0.15) is 5.75 Å². The summed E-state index contributed by atoms with van der Waals surface area (Å²) in [6.45, 7) is 0. The molecule has 0 bridgehead atoms. The second-order valence-electron chi connectivity index (χ2n) is 2.77. The van der Waals surface area contributed by atoms with Crippen LogP contribution >= 0.6 is 45.7 Å². The van der Waals surface area contributed by atoms with Crippen molar-refractivity contribution in [3.8, 4) is 5.75 Å². The number of thioether (sulfide) groups is 1. The highest BCUT2D eigenvalue weighted by Gasteiger charge is 2.11. The number of methoxy groups -OCH3 is 1. The molecular formula is C10H9IOS2. The Bertz CT molecular complexity index is 464. The molecule has 0 amide bonds. The van der Waals surface area contributed by atoms with Crippen LogP contribution < -0.4 is 4.74 Å². The molecule has 0 saturated heterocycles. The van der Waals surface area contributed by atoms with E-state index in [-0.39, 0.29) is 0 Å². The van der Waals surface area contributed by atoms with E-state index in [0.29, 0.717) is 0 Å². The van der Waals surface area contributed by atoms with Gasteiger partial charge >= 0.3 is 0 Å². The van der Waals surface area contributed by atoms with E-state index in [9.17, 15) is 0 Å². The highest BCUT2D eigenvalue weighted by molar-refractivity contribution is 14.1. The fraction of sp³-hybridized carbons (Fsp3) is 0.200. The molecular weight excluding hydrogens is 327 g/mol. The van der Waals surface area contributed by atoms with Gasteiger partial charge in [-0.1, -0.05) is 0 Å². The van der Waals surface area contributed by atoms with E-state index in [0.717, 1.165) is 5.75 Å². The first-order valence-corrected chi connectivity index (χ1v) is 7.24. The summed E-state index contributed by atoms with van der Waals surface area (Å²) < 4.78 is 8.04. The molecule has 1 nitrogen and oxygen atoms in total. The molecule has 14 heavy (non-hydrogen) atoms. The molecule has 2 aromatic rings. The normalized spacial score (nSPS) is 10.8. The van der Waals surface area contributed by atoms with Gasteiger partial charge in [-0.25, -0.2) is 0 Å². The minimum absolute atomic E-state index is 0.979. The molecule has 0 aliphatic carbocycles. The minimum Gasteiger partial charge on any atom is -0.496 e. The van der Waals surface area contributed by atoms with Gasteiger partial charge < -0.3 is 4.74 Å². The number of thiophene rings is 1. The van der Waals surface area contributed by atoms with Gasteiger partial charge in [-0.3, -0.25) is 0 Å². The molecule has 4 heteroatoms. The molecule has 0 aliphatic heterocycles. The third kappa shape index (κ3) is 1.63. The van der Waals surface area contributed by atoms with Crippen molar-refractivity contribution in [2.24, 2.45) is 0 Å². The first-order chi connectivity index (χ1) is 6.77. The lowest BCUT2D eigenvalue weighted by atomic mass is 10.2. The number of fused-ring (bicyclic) bond motifs is 1. The Morgan fingerprint density at radius 3 is 2.93 bits per heavy atom. The predicted molar refractivity (Wildman–Crippen MR) is 72.9 cm³/mol. The predicted octanol–water partition coefficient (Wildman–Crippen LogP) is 4.24. The summed E-state index contributed by atoms with van der Waals surface area (Å²) in [4.78, 5) is 1.24. The van der Waals surface area contributed by atoms with Crippen LogP contribution in [0.3, 0.4) is 0 Å². The summed E-state index contributed by atoms with van der Waals surface area (Å²) >= 11 is 5.92. The largest absolute Gasteiger partial charge is 0.496 e. The van der Waals surface area contributed by atoms with Crippen LogP contribution in [0.5, 0.6) is 5.75 Å². The molecule has 0 aliphatic rings. The summed E-state index contributed by atoms with van der Waals surface area (Å²) in [6, 6.07) is 4.24. The van der Waals surface area contributed by atoms with E-state index in [4.69, 9.17) is 4.74 Å². The average molecular weight is 336 g/mol. The lowest BCUT2D eigenvalue weighted by Gasteiger charge is -2.08. The van der Waals surface area contributed by atoms with Crippen molar-refractivity contribution in [3.05, 3.63) is 21.1 Å². The van der Waals surface area contributed by atoms with Gasteiger partial charge in [0.2, 0.25) is 0 Å². The molecule has 0 saturated carbocycles. The van der Waals surface area contributed by atoms with Crippen molar-refractivity contribution >= 4 is 55.8 Å². The standard InChI is InChI=1S/C10H9IOS2/c1-12-7-5-6-3-4-14-9(6)8(11)10(7)13-2/h3-5H,1-2H3. The van der Waals surface area contributed by atoms with Crippen molar-refractivity contribution in [1.82, 2.24) is 0 Å². The van der Waals surface area contributed by atoms with Gasteiger partial charge in [-0.05, 0) is 51.7 Å². The van der Waals surface area contributed by atoms with Crippen LogP contribution in [0.15, 0.2) is 22.4 Å². The summed E-state index contributed by atoms with van der Waals surface area (Å²) in [5, 5.41) is 3.39. The first-order valence-electron chi connectivity index (χ1n) is 4.05. The van der Waals surface area contributed by atoms with Gasteiger partial charge in [0.25, 0.3) is 0 Å². The van der Waals surface area contributed by atoms with Crippen LogP contribution in [0, 0.1) is 3.57 Å². The molecule has 2 rings (SSSR count). The van der Waals surface area contributed by atoms with Crippen LogP contribution in [0.25, 0.3) is 10.1 Å². The molecule has 0 fully saturated rings. The summed E-state index contributed by atoms with van der Waals surface area (Å²) in [5.74, 6) is 0.979. The molecule has 1 heterocycles. The molecule has 74 valence electrons. The fourth-order valence-corrected chi connectivity index (χ4v) is 4.50. The van der Waals surface area contributed by atoms with Crippen molar-refractivity contribution in [2.45, 2.75) is 4.90 Å². The van der Waals surface area contributed by atoms with E-state index in [1.165, 1.54) is 18.6 Å². The lowest BCUT2D eigenvalue weighted by molar-refractivity contribution is 0.405. The third-order valence-electron chi connectivity index (χ3n) is 2.03. The molecule has 1 aromatic heterocycles. The molecule has 1 aromatic carbocycles. The summed E-state index contributed by atoms with van der Waals surface area (Å²) in [5.41, 5.74) is 0. The first kappa shape index (κ1) is 10.6. The Hall–Kier alpha value is 0.0600. The van der Waals surface area contributed by atoms with Gasteiger partial charge in [0.05, 0.1) is 12.0 Å². The van der Waals surface area contributed by atoms with Gasteiger partial charge in [-0.2, -0.15) is 0 Å². The maximum absolute atomic E-state index is 5.37. The number of rotatable bonds is 2. The Labute approximate surface area is 105 Å². The van der Waals surface area contributed by atoms with Gasteiger partial charge in [0, 0.05) is 8.27 Å². The van der Waals surface area contributed by atoms with E-state index in [2.05, 4.69) is 46.4 Å². The fourth-order valence-electron chi connectivity index (χ4n) is 1.37. The SMILES string of the molecule is COc1cc2ccsc2c(I)c1SC. The van der Waals surface area contributed by atoms with E-state index >= 15 is 0 Å². The van der Waals surface area contributed by atoms with Crippen molar-refractivity contribution in [2.75, 3.05) is 13.4 Å². The van der Waals surface area contributed by atoms with Crippen LogP contribution in [0.1, 0.15) is 0 Å². The lowest BCUT2D eigenvalue weighted by Crippen LogP contribution is -1.88. The molecule has 0 unspecified atom stereocenters. The number of halogens is 1. The van der Waals surface area contributed by atoms with Crippen molar-refractivity contribution < 1.29 is 4.74 Å². The van der Waals surface area contributed by atoms with Crippen LogP contribution in [0.4, 0.5) is 0 Å². The Kier molecular flexibility index (Phi) is 3.23. The third-order valence-corrected chi connectivity index (χ3v) is 5.60. The summed E-state index contributed by atoms with van der Waals surface area (Å²) in [6.07, 6.45) is 2.08. The van der Waals surface area contributed by atoms with Crippen molar-refractivity contribution in [1.29, 1.82) is 0 Å². The zero-order valence-electron chi connectivity index (χ0n) is 7.83. The second-order valence-corrected chi connectivity index (χ2v) is 5.58.